The van der Waals surface area contributed by atoms with E-state index in [0.29, 0.717) is 14.2 Å². The number of hydrogen-bond acceptors (Lipinski definition) is 3. The number of benzene rings is 1. The summed E-state index contributed by atoms with van der Waals surface area (Å²) in [5, 5.41) is 9.09. The largest absolute Gasteiger partial charge is 0.465 e. The minimum Gasteiger partial charge on any atom is -0.465 e. The Morgan fingerprint density at radius 2 is 2.29 bits per heavy atom. The molecule has 3 nitrogen and oxygen atoms in total. The summed E-state index contributed by atoms with van der Waals surface area (Å²) in [5.74, 6) is -0.476. The van der Waals surface area contributed by atoms with Crippen molar-refractivity contribution < 1.29 is 9.53 Å². The smallest absolute Gasteiger partial charge is 0.337 e. The molecular formula is C9H5ClINO2. The van der Waals surface area contributed by atoms with Crippen LogP contribution < -0.4 is 0 Å². The van der Waals surface area contributed by atoms with E-state index < -0.39 is 5.97 Å². The van der Waals surface area contributed by atoms with E-state index in [-0.39, 0.29) is 5.56 Å². The molecule has 0 fully saturated rings. The highest BCUT2D eigenvalue weighted by Crippen LogP contribution is 2.24. The van der Waals surface area contributed by atoms with Gasteiger partial charge in [0.25, 0.3) is 0 Å². The van der Waals surface area contributed by atoms with Crippen LogP contribution in [-0.2, 0) is 4.74 Å². The Labute approximate surface area is 99.8 Å². The lowest BCUT2D eigenvalue weighted by Crippen LogP contribution is -2.02. The number of rotatable bonds is 1. The second-order valence-electron chi connectivity index (χ2n) is 2.42. The Balaban J connectivity index is 3.32. The van der Waals surface area contributed by atoms with Crippen molar-refractivity contribution in [3.8, 4) is 6.07 Å². The molecule has 0 atom stereocenters. The molecule has 0 aromatic heterocycles. The summed E-state index contributed by atoms with van der Waals surface area (Å²) < 4.78 is 5.19. The standard InChI is InChI=1S/C9H5ClINO2/c1-14-9(13)5-2-6(4-12)8(10)7(11)3-5/h2-3H,1H3. The Bertz CT molecular complexity index is 426. The molecule has 1 aromatic rings. The minimum absolute atomic E-state index is 0.277. The predicted molar refractivity (Wildman–Crippen MR) is 60.2 cm³/mol. The third-order valence-corrected chi connectivity index (χ3v) is 3.15. The highest BCUT2D eigenvalue weighted by Gasteiger charge is 2.12. The van der Waals surface area contributed by atoms with Gasteiger partial charge in [0, 0.05) is 3.57 Å². The lowest BCUT2D eigenvalue weighted by molar-refractivity contribution is 0.0600. The number of nitriles is 1. The van der Waals surface area contributed by atoms with Crippen molar-refractivity contribution in [2.45, 2.75) is 0 Å². The van der Waals surface area contributed by atoms with Crippen LogP contribution >= 0.6 is 34.2 Å². The second-order valence-corrected chi connectivity index (χ2v) is 3.96. The van der Waals surface area contributed by atoms with Crippen LogP contribution in [0.4, 0.5) is 0 Å². The van der Waals surface area contributed by atoms with Crippen molar-refractivity contribution in [1.29, 1.82) is 5.26 Å². The van der Waals surface area contributed by atoms with Gasteiger partial charge in [-0.15, -0.1) is 0 Å². The number of hydrogen-bond donors (Lipinski definition) is 0. The number of ether oxygens (including phenoxy) is 1. The molecule has 0 spiro atoms. The molecular weight excluding hydrogens is 316 g/mol. The van der Waals surface area contributed by atoms with E-state index >= 15 is 0 Å². The van der Waals surface area contributed by atoms with E-state index in [1.165, 1.54) is 13.2 Å². The molecule has 0 saturated heterocycles. The second kappa shape index (κ2) is 4.62. The molecule has 0 bridgehead atoms. The molecule has 0 radical (unpaired) electrons. The number of halogens is 2. The quantitative estimate of drug-likeness (QED) is 0.590. The number of carbonyl (C=O) groups is 1. The van der Waals surface area contributed by atoms with Crippen LogP contribution in [0, 0.1) is 14.9 Å². The monoisotopic (exact) mass is 321 g/mol. The van der Waals surface area contributed by atoms with Crippen molar-refractivity contribution in [3.63, 3.8) is 0 Å². The summed E-state index contributed by atoms with van der Waals surface area (Å²) in [5.41, 5.74) is 0.608. The predicted octanol–water partition coefficient (Wildman–Crippen LogP) is 2.60. The fourth-order valence-electron chi connectivity index (χ4n) is 0.906. The molecule has 0 aliphatic rings. The lowest BCUT2D eigenvalue weighted by Gasteiger charge is -2.03. The zero-order valence-corrected chi connectivity index (χ0v) is 10.1. The normalized spacial score (nSPS) is 9.29. The van der Waals surface area contributed by atoms with Crippen LogP contribution in [0.25, 0.3) is 0 Å². The van der Waals surface area contributed by atoms with E-state index in [2.05, 4.69) is 4.74 Å². The summed E-state index contributed by atoms with van der Waals surface area (Å²) in [7, 11) is 1.29. The zero-order chi connectivity index (χ0) is 10.7. The topological polar surface area (TPSA) is 50.1 Å². The maximum atomic E-state index is 11.2. The molecule has 0 aliphatic carbocycles. The van der Waals surface area contributed by atoms with Crippen LogP contribution in [-0.4, -0.2) is 13.1 Å². The Hall–Kier alpha value is -0.800. The van der Waals surface area contributed by atoms with Crippen molar-refractivity contribution in [2.24, 2.45) is 0 Å². The van der Waals surface area contributed by atoms with Gasteiger partial charge in [0.15, 0.2) is 0 Å². The van der Waals surface area contributed by atoms with Crippen LogP contribution in [0.3, 0.4) is 0 Å². The van der Waals surface area contributed by atoms with Gasteiger partial charge in [-0.25, -0.2) is 4.79 Å². The number of esters is 1. The van der Waals surface area contributed by atoms with Gasteiger partial charge in [-0.05, 0) is 34.7 Å². The molecule has 0 aliphatic heterocycles. The minimum atomic E-state index is -0.476. The van der Waals surface area contributed by atoms with E-state index in [1.54, 1.807) is 6.07 Å². The van der Waals surface area contributed by atoms with Crippen LogP contribution in [0.1, 0.15) is 15.9 Å². The van der Waals surface area contributed by atoms with Crippen molar-refractivity contribution in [3.05, 3.63) is 31.9 Å². The molecule has 5 heteroatoms. The SMILES string of the molecule is COC(=O)c1cc(I)c(Cl)c(C#N)c1. The molecule has 1 aromatic carbocycles. The fraction of sp³-hybridized carbons (Fsp3) is 0.111. The molecule has 0 heterocycles. The Morgan fingerprint density at radius 1 is 1.64 bits per heavy atom. The Kier molecular flexibility index (Phi) is 3.72. The van der Waals surface area contributed by atoms with Gasteiger partial charge in [0.2, 0.25) is 0 Å². The molecule has 0 saturated carbocycles. The zero-order valence-electron chi connectivity index (χ0n) is 7.17. The van der Waals surface area contributed by atoms with E-state index in [0.717, 1.165) is 0 Å². The summed E-state index contributed by atoms with van der Waals surface area (Å²) >= 11 is 7.79. The average Bonchev–Trinajstić information content (AvgIpc) is 2.20. The number of carbonyl (C=O) groups excluding carboxylic acids is 1. The van der Waals surface area contributed by atoms with Gasteiger partial charge in [-0.2, -0.15) is 5.26 Å². The van der Waals surface area contributed by atoms with Crippen LogP contribution in [0.2, 0.25) is 5.02 Å². The third-order valence-electron chi connectivity index (χ3n) is 1.57. The molecule has 14 heavy (non-hydrogen) atoms. The molecule has 72 valence electrons. The lowest BCUT2D eigenvalue weighted by atomic mass is 10.1. The van der Waals surface area contributed by atoms with Gasteiger partial charge < -0.3 is 4.74 Å². The van der Waals surface area contributed by atoms with Gasteiger partial charge in [-0.1, -0.05) is 11.6 Å². The Morgan fingerprint density at radius 3 is 2.79 bits per heavy atom. The van der Waals surface area contributed by atoms with Gasteiger partial charge in [0.05, 0.1) is 23.3 Å². The maximum absolute atomic E-state index is 11.2. The van der Waals surface area contributed by atoms with Gasteiger partial charge in [-0.3, -0.25) is 0 Å². The highest BCUT2D eigenvalue weighted by molar-refractivity contribution is 14.1. The summed E-state index contributed by atoms with van der Waals surface area (Å²) in [6.07, 6.45) is 0. The molecule has 1 rings (SSSR count). The molecule has 0 amide bonds. The first-order valence-corrected chi connectivity index (χ1v) is 5.03. The number of methoxy groups -OCH3 is 1. The van der Waals surface area contributed by atoms with Crippen LogP contribution in [0.15, 0.2) is 12.1 Å². The number of nitrogens with zero attached hydrogens (tertiary/aromatic N) is 1. The fourth-order valence-corrected chi connectivity index (χ4v) is 1.68. The van der Waals surface area contributed by atoms with E-state index in [9.17, 15) is 4.79 Å². The van der Waals surface area contributed by atoms with Gasteiger partial charge in [0.1, 0.15) is 6.07 Å². The molecule has 0 unspecified atom stereocenters. The first-order valence-electron chi connectivity index (χ1n) is 3.57. The third kappa shape index (κ3) is 2.16. The summed E-state index contributed by atoms with van der Waals surface area (Å²) in [6, 6.07) is 4.90. The van der Waals surface area contributed by atoms with Crippen LogP contribution in [0.5, 0.6) is 0 Å². The highest BCUT2D eigenvalue weighted by atomic mass is 127. The van der Waals surface area contributed by atoms with E-state index in [1.807, 2.05) is 28.7 Å². The maximum Gasteiger partial charge on any atom is 0.337 e. The van der Waals surface area contributed by atoms with Crippen molar-refractivity contribution in [1.82, 2.24) is 0 Å². The van der Waals surface area contributed by atoms with Crippen molar-refractivity contribution >= 4 is 40.2 Å². The van der Waals surface area contributed by atoms with E-state index in [4.69, 9.17) is 16.9 Å². The summed E-state index contributed by atoms with van der Waals surface area (Å²) in [6.45, 7) is 0. The average molecular weight is 322 g/mol. The first-order chi connectivity index (χ1) is 6.60. The summed E-state index contributed by atoms with van der Waals surface area (Å²) in [4.78, 5) is 11.2. The van der Waals surface area contributed by atoms with Gasteiger partial charge >= 0.3 is 5.97 Å². The van der Waals surface area contributed by atoms with Crippen molar-refractivity contribution in [2.75, 3.05) is 7.11 Å². The first kappa shape index (κ1) is 11.3. The molecule has 0 N–H and O–H groups in total.